The standard InChI is InChI=1S/C9H14N2O2/c1-6(10-2)7-4-8(9(12)13)11(3)5-7/h4-6,10H,1-3H3,(H,12,13). The topological polar surface area (TPSA) is 54.3 Å². The summed E-state index contributed by atoms with van der Waals surface area (Å²) in [6, 6.07) is 1.86. The summed E-state index contributed by atoms with van der Waals surface area (Å²) in [6.45, 7) is 1.99. The first-order chi connectivity index (χ1) is 6.06. The van der Waals surface area contributed by atoms with Crippen molar-refractivity contribution < 1.29 is 9.90 Å². The molecule has 0 fully saturated rings. The zero-order valence-corrected chi connectivity index (χ0v) is 8.03. The SMILES string of the molecule is CNC(C)c1cc(C(=O)O)n(C)c1. The van der Waals surface area contributed by atoms with E-state index >= 15 is 0 Å². The van der Waals surface area contributed by atoms with Gasteiger partial charge >= 0.3 is 5.97 Å². The second kappa shape index (κ2) is 3.62. The minimum atomic E-state index is -0.892. The van der Waals surface area contributed by atoms with Crippen molar-refractivity contribution in [1.82, 2.24) is 9.88 Å². The molecule has 0 saturated heterocycles. The van der Waals surface area contributed by atoms with Gasteiger partial charge in [-0.25, -0.2) is 4.79 Å². The summed E-state index contributed by atoms with van der Waals surface area (Å²) >= 11 is 0. The third-order valence-corrected chi connectivity index (χ3v) is 2.18. The van der Waals surface area contributed by atoms with Gasteiger partial charge in [0.2, 0.25) is 0 Å². The molecule has 4 heteroatoms. The highest BCUT2D eigenvalue weighted by Gasteiger charge is 2.12. The van der Waals surface area contributed by atoms with Crippen LogP contribution < -0.4 is 5.32 Å². The molecule has 0 saturated carbocycles. The first-order valence-electron chi connectivity index (χ1n) is 4.13. The lowest BCUT2D eigenvalue weighted by atomic mass is 10.2. The normalized spacial score (nSPS) is 12.8. The average Bonchev–Trinajstić information content (AvgIpc) is 2.46. The van der Waals surface area contributed by atoms with Crippen LogP contribution in [0.15, 0.2) is 12.3 Å². The number of hydrogen-bond acceptors (Lipinski definition) is 2. The Labute approximate surface area is 77.2 Å². The van der Waals surface area contributed by atoms with Crippen LogP contribution in [0.3, 0.4) is 0 Å². The Balaban J connectivity index is 3.01. The molecular formula is C9H14N2O2. The Hall–Kier alpha value is -1.29. The molecule has 0 aliphatic rings. The van der Waals surface area contributed by atoms with Gasteiger partial charge in [0.1, 0.15) is 5.69 Å². The maximum absolute atomic E-state index is 10.7. The number of carboxylic acid groups (broad SMARTS) is 1. The third kappa shape index (κ3) is 1.89. The molecule has 1 heterocycles. The number of hydrogen-bond donors (Lipinski definition) is 2. The number of carboxylic acids is 1. The average molecular weight is 182 g/mol. The second-order valence-electron chi connectivity index (χ2n) is 3.09. The van der Waals surface area contributed by atoms with Crippen molar-refractivity contribution in [3.8, 4) is 0 Å². The molecule has 0 spiro atoms. The number of nitrogens with one attached hydrogen (secondary N) is 1. The molecule has 4 nitrogen and oxygen atoms in total. The van der Waals surface area contributed by atoms with Crippen molar-refractivity contribution >= 4 is 5.97 Å². The molecule has 0 bridgehead atoms. The van der Waals surface area contributed by atoms with Crippen LogP contribution in [0, 0.1) is 0 Å². The number of aromatic carboxylic acids is 1. The molecule has 13 heavy (non-hydrogen) atoms. The van der Waals surface area contributed by atoms with Gasteiger partial charge in [-0.1, -0.05) is 0 Å². The van der Waals surface area contributed by atoms with Crippen LogP contribution in [-0.2, 0) is 7.05 Å². The van der Waals surface area contributed by atoms with E-state index in [2.05, 4.69) is 5.32 Å². The van der Waals surface area contributed by atoms with Gasteiger partial charge in [0, 0.05) is 19.3 Å². The molecule has 72 valence electrons. The summed E-state index contributed by atoms with van der Waals surface area (Å²) in [7, 11) is 3.58. The number of nitrogens with zero attached hydrogens (tertiary/aromatic N) is 1. The van der Waals surface area contributed by atoms with Crippen molar-refractivity contribution in [2.45, 2.75) is 13.0 Å². The molecule has 0 aromatic carbocycles. The monoisotopic (exact) mass is 182 g/mol. The molecule has 1 aromatic rings. The van der Waals surface area contributed by atoms with E-state index < -0.39 is 5.97 Å². The summed E-state index contributed by atoms with van der Waals surface area (Å²) in [6.07, 6.45) is 1.82. The Bertz CT molecular complexity index is 317. The van der Waals surface area contributed by atoms with Crippen molar-refractivity contribution in [2.75, 3.05) is 7.05 Å². The zero-order valence-electron chi connectivity index (χ0n) is 8.03. The summed E-state index contributed by atoms with van der Waals surface area (Å²) < 4.78 is 1.62. The Morgan fingerprint density at radius 1 is 1.69 bits per heavy atom. The van der Waals surface area contributed by atoms with Gasteiger partial charge in [-0.15, -0.1) is 0 Å². The maximum atomic E-state index is 10.7. The van der Waals surface area contributed by atoms with Crippen LogP contribution in [0.25, 0.3) is 0 Å². The Kier molecular flexibility index (Phi) is 2.72. The summed E-state index contributed by atoms with van der Waals surface area (Å²) in [5, 5.41) is 11.8. The fourth-order valence-electron chi connectivity index (χ4n) is 1.21. The van der Waals surface area contributed by atoms with Crippen LogP contribution in [0.2, 0.25) is 0 Å². The minimum absolute atomic E-state index is 0.180. The highest BCUT2D eigenvalue weighted by molar-refractivity contribution is 5.86. The Morgan fingerprint density at radius 3 is 2.69 bits per heavy atom. The van der Waals surface area contributed by atoms with E-state index in [9.17, 15) is 4.79 Å². The second-order valence-corrected chi connectivity index (χ2v) is 3.09. The predicted octanol–water partition coefficient (Wildman–Crippen LogP) is 1.00. The predicted molar refractivity (Wildman–Crippen MR) is 49.8 cm³/mol. The maximum Gasteiger partial charge on any atom is 0.352 e. The molecule has 2 N–H and O–H groups in total. The van der Waals surface area contributed by atoms with Crippen LogP contribution in [0.5, 0.6) is 0 Å². The van der Waals surface area contributed by atoms with Crippen LogP contribution in [-0.4, -0.2) is 22.7 Å². The van der Waals surface area contributed by atoms with Crippen molar-refractivity contribution in [3.63, 3.8) is 0 Å². The van der Waals surface area contributed by atoms with Crippen molar-refractivity contribution in [3.05, 3.63) is 23.5 Å². The highest BCUT2D eigenvalue weighted by atomic mass is 16.4. The van der Waals surface area contributed by atoms with Crippen molar-refractivity contribution in [2.24, 2.45) is 7.05 Å². The highest BCUT2D eigenvalue weighted by Crippen LogP contribution is 2.14. The van der Waals surface area contributed by atoms with Crippen LogP contribution >= 0.6 is 0 Å². The quantitative estimate of drug-likeness (QED) is 0.733. The molecule has 1 rings (SSSR count). The number of aryl methyl sites for hydroxylation is 1. The lowest BCUT2D eigenvalue weighted by Crippen LogP contribution is -2.11. The fourth-order valence-corrected chi connectivity index (χ4v) is 1.21. The van der Waals surface area contributed by atoms with Gasteiger partial charge in [-0.2, -0.15) is 0 Å². The van der Waals surface area contributed by atoms with Gasteiger partial charge < -0.3 is 15.0 Å². The van der Waals surface area contributed by atoms with Crippen LogP contribution in [0.1, 0.15) is 29.0 Å². The smallest absolute Gasteiger partial charge is 0.352 e. The van der Waals surface area contributed by atoms with Gasteiger partial charge in [0.05, 0.1) is 0 Å². The fraction of sp³-hybridized carbons (Fsp3) is 0.444. The molecule has 1 unspecified atom stereocenters. The van der Waals surface area contributed by atoms with E-state index in [1.807, 2.05) is 20.2 Å². The summed E-state index contributed by atoms with van der Waals surface area (Å²) in [4.78, 5) is 10.7. The van der Waals surface area contributed by atoms with E-state index in [1.165, 1.54) is 0 Å². The lowest BCUT2D eigenvalue weighted by molar-refractivity contribution is 0.0686. The summed E-state index contributed by atoms with van der Waals surface area (Å²) in [5.41, 5.74) is 1.31. The van der Waals surface area contributed by atoms with E-state index in [0.717, 1.165) is 5.56 Å². The van der Waals surface area contributed by atoms with Gasteiger partial charge in [-0.3, -0.25) is 0 Å². The molecule has 0 aliphatic carbocycles. The first-order valence-corrected chi connectivity index (χ1v) is 4.13. The number of aromatic nitrogens is 1. The van der Waals surface area contributed by atoms with E-state index in [0.29, 0.717) is 5.69 Å². The van der Waals surface area contributed by atoms with Gasteiger partial charge in [-0.05, 0) is 25.6 Å². The third-order valence-electron chi connectivity index (χ3n) is 2.18. The van der Waals surface area contributed by atoms with Gasteiger partial charge in [0.25, 0.3) is 0 Å². The summed E-state index contributed by atoms with van der Waals surface area (Å²) in [5.74, 6) is -0.892. The van der Waals surface area contributed by atoms with Gasteiger partial charge in [0.15, 0.2) is 0 Å². The molecule has 0 aliphatic heterocycles. The minimum Gasteiger partial charge on any atom is -0.477 e. The largest absolute Gasteiger partial charge is 0.477 e. The zero-order chi connectivity index (χ0) is 10.0. The van der Waals surface area contributed by atoms with E-state index in [1.54, 1.807) is 17.7 Å². The Morgan fingerprint density at radius 2 is 2.31 bits per heavy atom. The molecular weight excluding hydrogens is 168 g/mol. The molecule has 0 radical (unpaired) electrons. The lowest BCUT2D eigenvalue weighted by Gasteiger charge is -2.05. The van der Waals surface area contributed by atoms with Crippen LogP contribution in [0.4, 0.5) is 0 Å². The first kappa shape index (κ1) is 9.80. The molecule has 1 atom stereocenters. The van der Waals surface area contributed by atoms with E-state index in [4.69, 9.17) is 5.11 Å². The molecule has 0 amide bonds. The molecule has 1 aromatic heterocycles. The van der Waals surface area contributed by atoms with Crippen molar-refractivity contribution in [1.29, 1.82) is 0 Å². The van der Waals surface area contributed by atoms with E-state index in [-0.39, 0.29) is 6.04 Å². The number of carbonyl (C=O) groups is 1. The number of rotatable bonds is 3.